The molecule has 0 unspecified atom stereocenters. The zero-order valence-electron chi connectivity index (χ0n) is 12.7. The Morgan fingerprint density at radius 3 is 2.82 bits per heavy atom. The quantitative estimate of drug-likeness (QED) is 0.941. The minimum absolute atomic E-state index is 0.106. The molecule has 116 valence electrons. The molecule has 0 saturated carbocycles. The first-order valence-corrected chi connectivity index (χ1v) is 8.27. The molecule has 0 aliphatic carbocycles. The number of urea groups is 1. The molecule has 1 fully saturated rings. The van der Waals surface area contributed by atoms with E-state index in [1.54, 1.807) is 12.4 Å². The van der Waals surface area contributed by atoms with Gasteiger partial charge in [-0.3, -0.25) is 10.3 Å². The van der Waals surface area contributed by atoms with Gasteiger partial charge in [0.1, 0.15) is 5.01 Å². The third-order valence-electron chi connectivity index (χ3n) is 3.75. The van der Waals surface area contributed by atoms with Crippen LogP contribution in [0.4, 0.5) is 9.93 Å². The highest BCUT2D eigenvalue weighted by Gasteiger charge is 2.30. The predicted octanol–water partition coefficient (Wildman–Crippen LogP) is 3.43. The number of rotatable bonds is 3. The van der Waals surface area contributed by atoms with Crippen LogP contribution in [0.3, 0.4) is 0 Å². The van der Waals surface area contributed by atoms with E-state index >= 15 is 0 Å². The van der Waals surface area contributed by atoms with Gasteiger partial charge in [0.2, 0.25) is 5.13 Å². The minimum Gasteiger partial charge on any atom is -0.317 e. The second kappa shape index (κ2) is 6.39. The molecule has 0 spiro atoms. The van der Waals surface area contributed by atoms with Crippen LogP contribution in [-0.4, -0.2) is 32.7 Å². The summed E-state index contributed by atoms with van der Waals surface area (Å²) in [5.41, 5.74) is 1.13. The van der Waals surface area contributed by atoms with Gasteiger partial charge in [0, 0.05) is 24.9 Å². The average Bonchev–Trinajstić information content (AvgIpc) is 3.17. The molecular weight excluding hydrogens is 298 g/mol. The lowest BCUT2D eigenvalue weighted by molar-refractivity contribution is 0.207. The van der Waals surface area contributed by atoms with E-state index in [-0.39, 0.29) is 12.1 Å². The van der Waals surface area contributed by atoms with Crippen LogP contribution < -0.4 is 5.32 Å². The maximum Gasteiger partial charge on any atom is 0.324 e. The standard InChI is InChI=1S/C15H19N5OS/c1-10(2)13-18-19-14(22-13)17-15(21)20-9-3-4-12(20)11-5-7-16-8-6-11/h5-8,10,12H,3-4,9H2,1-2H3,(H,17,19,21)/t12-/m1/s1. The van der Waals surface area contributed by atoms with E-state index < -0.39 is 0 Å². The number of pyridine rings is 1. The molecular formula is C15H19N5OS. The van der Waals surface area contributed by atoms with Crippen LogP contribution in [0.5, 0.6) is 0 Å². The zero-order valence-corrected chi connectivity index (χ0v) is 13.5. The average molecular weight is 317 g/mol. The van der Waals surface area contributed by atoms with Crippen molar-refractivity contribution in [1.82, 2.24) is 20.1 Å². The van der Waals surface area contributed by atoms with Crippen LogP contribution in [0.25, 0.3) is 0 Å². The van der Waals surface area contributed by atoms with Gasteiger partial charge in [-0.05, 0) is 30.5 Å². The topological polar surface area (TPSA) is 71.0 Å². The summed E-state index contributed by atoms with van der Waals surface area (Å²) in [6.45, 7) is 4.88. The molecule has 2 amide bonds. The summed E-state index contributed by atoms with van der Waals surface area (Å²) in [6.07, 6.45) is 5.52. The summed E-state index contributed by atoms with van der Waals surface area (Å²) in [4.78, 5) is 18.4. The van der Waals surface area contributed by atoms with Crippen LogP contribution in [-0.2, 0) is 0 Å². The first-order valence-electron chi connectivity index (χ1n) is 7.46. The zero-order chi connectivity index (χ0) is 15.5. The summed E-state index contributed by atoms with van der Waals surface area (Å²) in [5, 5.41) is 12.5. The van der Waals surface area contributed by atoms with Gasteiger partial charge in [-0.1, -0.05) is 25.2 Å². The van der Waals surface area contributed by atoms with Crippen LogP contribution in [0.2, 0.25) is 0 Å². The van der Waals surface area contributed by atoms with Crippen molar-refractivity contribution in [2.75, 3.05) is 11.9 Å². The SMILES string of the molecule is CC(C)c1nnc(NC(=O)N2CCC[C@@H]2c2ccncc2)s1. The molecule has 0 aromatic carbocycles. The van der Waals surface area contributed by atoms with Crippen molar-refractivity contribution < 1.29 is 4.79 Å². The van der Waals surface area contributed by atoms with E-state index in [4.69, 9.17) is 0 Å². The van der Waals surface area contributed by atoms with Crippen LogP contribution in [0.15, 0.2) is 24.5 Å². The number of anilines is 1. The van der Waals surface area contributed by atoms with E-state index in [1.165, 1.54) is 11.3 Å². The Labute approximate surface area is 133 Å². The number of nitrogens with one attached hydrogen (secondary N) is 1. The lowest BCUT2D eigenvalue weighted by Gasteiger charge is -2.24. The maximum atomic E-state index is 12.5. The Balaban J connectivity index is 1.70. The molecule has 0 radical (unpaired) electrons. The number of carbonyl (C=O) groups is 1. The Morgan fingerprint density at radius 1 is 1.36 bits per heavy atom. The highest BCUT2D eigenvalue weighted by molar-refractivity contribution is 7.15. The van der Waals surface area contributed by atoms with Gasteiger partial charge in [0.05, 0.1) is 6.04 Å². The summed E-state index contributed by atoms with van der Waals surface area (Å²) in [6, 6.07) is 3.95. The number of nitrogens with zero attached hydrogens (tertiary/aromatic N) is 4. The van der Waals surface area contributed by atoms with Crippen molar-refractivity contribution in [2.24, 2.45) is 0 Å². The van der Waals surface area contributed by atoms with Crippen LogP contribution in [0, 0.1) is 0 Å². The van der Waals surface area contributed by atoms with Gasteiger partial charge in [0.25, 0.3) is 0 Å². The van der Waals surface area contributed by atoms with Crippen molar-refractivity contribution in [2.45, 2.75) is 38.6 Å². The summed E-state index contributed by atoms with van der Waals surface area (Å²) in [7, 11) is 0. The van der Waals surface area contributed by atoms with Crippen molar-refractivity contribution in [1.29, 1.82) is 0 Å². The smallest absolute Gasteiger partial charge is 0.317 e. The second-order valence-electron chi connectivity index (χ2n) is 5.66. The third kappa shape index (κ3) is 3.09. The summed E-state index contributed by atoms with van der Waals surface area (Å²) >= 11 is 1.43. The van der Waals surface area contributed by atoms with Crippen molar-refractivity contribution in [3.63, 3.8) is 0 Å². The fraction of sp³-hybridized carbons (Fsp3) is 0.467. The van der Waals surface area contributed by atoms with E-state index in [9.17, 15) is 4.79 Å². The van der Waals surface area contributed by atoms with E-state index in [0.29, 0.717) is 11.0 Å². The molecule has 1 atom stereocenters. The molecule has 7 heteroatoms. The Bertz CT molecular complexity index is 642. The molecule has 0 bridgehead atoms. The van der Waals surface area contributed by atoms with E-state index in [0.717, 1.165) is 30.0 Å². The summed E-state index contributed by atoms with van der Waals surface area (Å²) < 4.78 is 0. The first-order chi connectivity index (χ1) is 10.6. The highest BCUT2D eigenvalue weighted by atomic mass is 32.1. The molecule has 1 aliphatic heterocycles. The Hall–Kier alpha value is -2.02. The lowest BCUT2D eigenvalue weighted by atomic mass is 10.1. The number of hydrogen-bond acceptors (Lipinski definition) is 5. The van der Waals surface area contributed by atoms with E-state index in [1.807, 2.05) is 17.0 Å². The predicted molar refractivity (Wildman–Crippen MR) is 85.9 cm³/mol. The minimum atomic E-state index is -0.106. The molecule has 1 saturated heterocycles. The Kier molecular flexibility index (Phi) is 4.33. The number of amides is 2. The molecule has 22 heavy (non-hydrogen) atoms. The molecule has 6 nitrogen and oxygen atoms in total. The Morgan fingerprint density at radius 2 is 2.14 bits per heavy atom. The molecule has 2 aromatic heterocycles. The van der Waals surface area contributed by atoms with Crippen molar-refractivity contribution in [3.8, 4) is 0 Å². The first kappa shape index (κ1) is 14.9. The molecule has 3 heterocycles. The van der Waals surface area contributed by atoms with Crippen LogP contribution >= 0.6 is 11.3 Å². The fourth-order valence-electron chi connectivity index (χ4n) is 2.62. The van der Waals surface area contributed by atoms with Gasteiger partial charge in [-0.15, -0.1) is 10.2 Å². The number of likely N-dealkylation sites (tertiary alicyclic amines) is 1. The molecule has 3 rings (SSSR count). The van der Waals surface area contributed by atoms with Gasteiger partial charge < -0.3 is 4.90 Å². The van der Waals surface area contributed by atoms with Gasteiger partial charge in [-0.2, -0.15) is 0 Å². The summed E-state index contributed by atoms with van der Waals surface area (Å²) in [5.74, 6) is 0.319. The largest absolute Gasteiger partial charge is 0.324 e. The molecule has 1 aliphatic rings. The van der Waals surface area contributed by atoms with E-state index in [2.05, 4.69) is 34.3 Å². The lowest BCUT2D eigenvalue weighted by Crippen LogP contribution is -2.34. The number of hydrogen-bond donors (Lipinski definition) is 1. The third-order valence-corrected chi connectivity index (χ3v) is 4.89. The maximum absolute atomic E-state index is 12.5. The molecule has 1 N–H and O–H groups in total. The van der Waals surface area contributed by atoms with Crippen molar-refractivity contribution >= 4 is 22.5 Å². The fourth-order valence-corrected chi connectivity index (χ4v) is 3.36. The number of aromatic nitrogens is 3. The van der Waals surface area contributed by atoms with Gasteiger partial charge in [-0.25, -0.2) is 4.79 Å². The number of carbonyl (C=O) groups excluding carboxylic acids is 1. The second-order valence-corrected chi connectivity index (χ2v) is 6.67. The molecule has 2 aromatic rings. The van der Waals surface area contributed by atoms with Gasteiger partial charge in [0.15, 0.2) is 0 Å². The monoisotopic (exact) mass is 317 g/mol. The van der Waals surface area contributed by atoms with Crippen LogP contribution in [0.1, 0.15) is 49.2 Å². The highest BCUT2D eigenvalue weighted by Crippen LogP contribution is 2.32. The normalized spacial score (nSPS) is 18.0. The van der Waals surface area contributed by atoms with Crippen molar-refractivity contribution in [3.05, 3.63) is 35.1 Å². The van der Waals surface area contributed by atoms with Gasteiger partial charge >= 0.3 is 6.03 Å².